The van der Waals surface area contributed by atoms with E-state index in [1.807, 2.05) is 23.1 Å². The van der Waals surface area contributed by atoms with Gasteiger partial charge in [-0.25, -0.2) is 4.98 Å². The lowest BCUT2D eigenvalue weighted by Gasteiger charge is -2.29. The number of nitrogens with zero attached hydrogens (tertiary/aromatic N) is 3. The fourth-order valence-electron chi connectivity index (χ4n) is 3.63. The Kier molecular flexibility index (Phi) is 3.83. The minimum Gasteiger partial charge on any atom is -0.275 e. The minimum atomic E-state index is -0.0409. The number of anilines is 1. The molecular formula is C18H19N3OS. The van der Waals surface area contributed by atoms with Crippen LogP contribution in [0.5, 0.6) is 0 Å². The monoisotopic (exact) mass is 325 g/mol. The molecule has 0 spiro atoms. The molecule has 2 aromatic rings. The SMILES string of the molecule is CSc1ccc([C@H]2N(c3ccccn3)C(=O)[C@H]3CCCN32)cc1. The van der Waals surface area contributed by atoms with Crippen molar-refractivity contribution < 1.29 is 4.79 Å². The lowest BCUT2D eigenvalue weighted by Crippen LogP contribution is -2.32. The highest BCUT2D eigenvalue weighted by atomic mass is 32.2. The maximum absolute atomic E-state index is 12.9. The van der Waals surface area contributed by atoms with E-state index >= 15 is 0 Å². The summed E-state index contributed by atoms with van der Waals surface area (Å²) >= 11 is 1.73. The summed E-state index contributed by atoms with van der Waals surface area (Å²) in [6, 6.07) is 14.3. The van der Waals surface area contributed by atoms with Gasteiger partial charge in [0.15, 0.2) is 0 Å². The first kappa shape index (κ1) is 14.7. The van der Waals surface area contributed by atoms with E-state index in [0.717, 1.165) is 30.8 Å². The molecule has 3 heterocycles. The lowest BCUT2D eigenvalue weighted by atomic mass is 10.1. The summed E-state index contributed by atoms with van der Waals surface area (Å²) in [5.41, 5.74) is 1.16. The van der Waals surface area contributed by atoms with Crippen molar-refractivity contribution in [1.29, 1.82) is 0 Å². The van der Waals surface area contributed by atoms with Gasteiger partial charge in [-0.05, 0) is 48.9 Å². The van der Waals surface area contributed by atoms with Crippen LogP contribution in [0.15, 0.2) is 53.6 Å². The van der Waals surface area contributed by atoms with Gasteiger partial charge in [-0.3, -0.25) is 14.6 Å². The maximum atomic E-state index is 12.9. The van der Waals surface area contributed by atoms with E-state index in [9.17, 15) is 4.79 Å². The topological polar surface area (TPSA) is 36.4 Å². The predicted octanol–water partition coefficient (Wildman–Crippen LogP) is 3.31. The number of carbonyl (C=O) groups is 1. The molecule has 1 amide bonds. The largest absolute Gasteiger partial charge is 0.275 e. The lowest BCUT2D eigenvalue weighted by molar-refractivity contribution is -0.119. The van der Waals surface area contributed by atoms with Gasteiger partial charge >= 0.3 is 0 Å². The Labute approximate surface area is 140 Å². The molecule has 2 aliphatic heterocycles. The number of hydrogen-bond donors (Lipinski definition) is 0. The molecule has 1 aromatic carbocycles. The summed E-state index contributed by atoms with van der Waals surface area (Å²) in [5.74, 6) is 0.922. The molecule has 0 radical (unpaired) electrons. The van der Waals surface area contributed by atoms with Gasteiger partial charge in [0.1, 0.15) is 12.0 Å². The molecule has 0 bridgehead atoms. The van der Waals surface area contributed by atoms with Gasteiger partial charge in [0.2, 0.25) is 5.91 Å². The van der Waals surface area contributed by atoms with E-state index < -0.39 is 0 Å². The maximum Gasteiger partial charge on any atom is 0.247 e. The number of carbonyl (C=O) groups excluding carboxylic acids is 1. The molecule has 2 fully saturated rings. The molecule has 2 aliphatic rings. The van der Waals surface area contributed by atoms with Crippen LogP contribution in [0.1, 0.15) is 24.6 Å². The van der Waals surface area contributed by atoms with Crippen LogP contribution in [0, 0.1) is 0 Å². The average Bonchev–Trinajstić information content (AvgIpc) is 3.18. The first-order chi connectivity index (χ1) is 11.3. The number of hydrogen-bond acceptors (Lipinski definition) is 4. The Hall–Kier alpha value is -1.85. The van der Waals surface area contributed by atoms with Crippen LogP contribution in [0.4, 0.5) is 5.82 Å². The third kappa shape index (κ3) is 2.44. The number of aromatic nitrogens is 1. The Morgan fingerprint density at radius 1 is 1.17 bits per heavy atom. The van der Waals surface area contributed by atoms with Gasteiger partial charge in [0.25, 0.3) is 0 Å². The highest BCUT2D eigenvalue weighted by Gasteiger charge is 2.49. The highest BCUT2D eigenvalue weighted by molar-refractivity contribution is 7.98. The van der Waals surface area contributed by atoms with Gasteiger partial charge in [-0.2, -0.15) is 0 Å². The molecule has 118 valence electrons. The van der Waals surface area contributed by atoms with Gasteiger partial charge < -0.3 is 0 Å². The second-order valence-electron chi connectivity index (χ2n) is 5.94. The van der Waals surface area contributed by atoms with Crippen molar-refractivity contribution >= 4 is 23.5 Å². The number of thioether (sulfide) groups is 1. The summed E-state index contributed by atoms with van der Waals surface area (Å²) in [7, 11) is 0. The first-order valence-corrected chi connectivity index (χ1v) is 9.16. The third-order valence-electron chi connectivity index (χ3n) is 4.69. The minimum absolute atomic E-state index is 0.00207. The van der Waals surface area contributed by atoms with Crippen LogP contribution >= 0.6 is 11.8 Å². The zero-order valence-electron chi connectivity index (χ0n) is 13.1. The van der Waals surface area contributed by atoms with Crippen LogP contribution in [0.2, 0.25) is 0 Å². The molecule has 2 saturated heterocycles. The summed E-state index contributed by atoms with van der Waals surface area (Å²) in [4.78, 5) is 22.8. The molecule has 1 aromatic heterocycles. The first-order valence-electron chi connectivity index (χ1n) is 7.93. The standard InChI is InChI=1S/C18H19N3OS/c1-23-14-9-7-13(8-10-14)17-20-12-4-5-15(20)18(22)21(17)16-6-2-3-11-19-16/h2-3,6-11,15,17H,4-5,12H2,1H3/t15-,17-/m1/s1. The molecule has 0 saturated carbocycles. The second kappa shape index (κ2) is 5.98. The molecule has 4 rings (SSSR count). The van der Waals surface area contributed by atoms with Crippen LogP contribution in [-0.2, 0) is 4.79 Å². The number of fused-ring (bicyclic) bond motifs is 1. The van der Waals surface area contributed by atoms with Gasteiger partial charge in [-0.1, -0.05) is 18.2 Å². The van der Waals surface area contributed by atoms with Crippen molar-refractivity contribution in [2.24, 2.45) is 0 Å². The molecule has 4 nitrogen and oxygen atoms in total. The van der Waals surface area contributed by atoms with Gasteiger partial charge in [0.05, 0.1) is 6.04 Å². The number of amides is 1. The Balaban J connectivity index is 1.77. The molecule has 0 aliphatic carbocycles. The molecule has 23 heavy (non-hydrogen) atoms. The number of pyridine rings is 1. The fourth-order valence-corrected chi connectivity index (χ4v) is 4.04. The van der Waals surface area contributed by atoms with Crippen molar-refractivity contribution in [2.75, 3.05) is 17.7 Å². The summed E-state index contributed by atoms with van der Waals surface area (Å²) < 4.78 is 0. The summed E-state index contributed by atoms with van der Waals surface area (Å²) in [5, 5.41) is 0. The van der Waals surface area contributed by atoms with Gasteiger partial charge in [0, 0.05) is 17.6 Å². The van der Waals surface area contributed by atoms with E-state index in [0.29, 0.717) is 0 Å². The van der Waals surface area contributed by atoms with Crippen molar-refractivity contribution in [3.63, 3.8) is 0 Å². The Morgan fingerprint density at radius 3 is 2.70 bits per heavy atom. The molecule has 5 heteroatoms. The van der Waals surface area contributed by atoms with Crippen LogP contribution in [-0.4, -0.2) is 34.6 Å². The normalized spacial score (nSPS) is 24.2. The van der Waals surface area contributed by atoms with Crippen LogP contribution < -0.4 is 4.90 Å². The quantitative estimate of drug-likeness (QED) is 0.811. The average molecular weight is 325 g/mol. The third-order valence-corrected chi connectivity index (χ3v) is 5.43. The van der Waals surface area contributed by atoms with E-state index in [-0.39, 0.29) is 18.1 Å². The summed E-state index contributed by atoms with van der Waals surface area (Å²) in [6.45, 7) is 0.967. The number of benzene rings is 1. The van der Waals surface area contributed by atoms with Crippen LogP contribution in [0.3, 0.4) is 0 Å². The predicted molar refractivity (Wildman–Crippen MR) is 92.4 cm³/mol. The zero-order valence-corrected chi connectivity index (χ0v) is 13.9. The van der Waals surface area contributed by atoms with E-state index in [2.05, 4.69) is 40.4 Å². The van der Waals surface area contributed by atoms with Gasteiger partial charge in [-0.15, -0.1) is 11.8 Å². The van der Waals surface area contributed by atoms with E-state index in [4.69, 9.17) is 0 Å². The molecule has 0 unspecified atom stereocenters. The fraction of sp³-hybridized carbons (Fsp3) is 0.333. The Morgan fingerprint density at radius 2 is 2.00 bits per heavy atom. The highest BCUT2D eigenvalue weighted by Crippen LogP contribution is 2.41. The van der Waals surface area contributed by atoms with Crippen molar-refractivity contribution in [2.45, 2.75) is 29.9 Å². The van der Waals surface area contributed by atoms with Crippen molar-refractivity contribution in [3.05, 3.63) is 54.2 Å². The zero-order chi connectivity index (χ0) is 15.8. The molecule has 2 atom stereocenters. The van der Waals surface area contributed by atoms with Crippen molar-refractivity contribution in [3.8, 4) is 0 Å². The molecular weight excluding hydrogens is 306 g/mol. The van der Waals surface area contributed by atoms with E-state index in [1.165, 1.54) is 4.90 Å². The smallest absolute Gasteiger partial charge is 0.247 e. The molecule has 0 N–H and O–H groups in total. The van der Waals surface area contributed by atoms with Crippen molar-refractivity contribution in [1.82, 2.24) is 9.88 Å². The number of rotatable bonds is 3. The Bertz CT molecular complexity index is 704. The van der Waals surface area contributed by atoms with Crippen LogP contribution in [0.25, 0.3) is 0 Å². The second-order valence-corrected chi connectivity index (χ2v) is 6.82. The van der Waals surface area contributed by atoms with E-state index in [1.54, 1.807) is 18.0 Å². The summed E-state index contributed by atoms with van der Waals surface area (Å²) in [6.07, 6.45) is 5.82.